The Labute approximate surface area is 101 Å². The molecule has 0 radical (unpaired) electrons. The van der Waals surface area contributed by atoms with Crippen molar-refractivity contribution in [2.24, 2.45) is 5.84 Å². The molecule has 1 saturated carbocycles. The predicted octanol–water partition coefficient (Wildman–Crippen LogP) is 0.669. The van der Waals surface area contributed by atoms with Crippen molar-refractivity contribution in [3.63, 3.8) is 0 Å². The lowest BCUT2D eigenvalue weighted by molar-refractivity contribution is 0.0947. The van der Waals surface area contributed by atoms with Gasteiger partial charge in [0, 0.05) is 12.6 Å². The average molecular weight is 234 g/mol. The summed E-state index contributed by atoms with van der Waals surface area (Å²) >= 11 is 0. The first-order valence-electron chi connectivity index (χ1n) is 5.88. The molecule has 1 heterocycles. The van der Waals surface area contributed by atoms with E-state index in [9.17, 15) is 4.79 Å². The topological polar surface area (TPSA) is 71.2 Å². The quantitative estimate of drug-likeness (QED) is 0.456. The zero-order valence-electron chi connectivity index (χ0n) is 10.0. The fourth-order valence-electron chi connectivity index (χ4n) is 1.98. The molecular weight excluding hydrogens is 216 g/mol. The van der Waals surface area contributed by atoms with Crippen LogP contribution in [0.15, 0.2) is 18.2 Å². The second-order valence-corrected chi connectivity index (χ2v) is 4.49. The van der Waals surface area contributed by atoms with Gasteiger partial charge in [0.2, 0.25) is 0 Å². The normalized spacial score (nSPS) is 15.7. The molecule has 0 saturated heterocycles. The maximum Gasteiger partial charge on any atom is 0.283 e. The van der Waals surface area contributed by atoms with E-state index in [1.54, 1.807) is 6.07 Å². The van der Waals surface area contributed by atoms with Gasteiger partial charge in [-0.2, -0.15) is 0 Å². The molecule has 5 nitrogen and oxygen atoms in total. The number of carbonyl (C=O) groups excluding carboxylic acids is 1. The first-order valence-corrected chi connectivity index (χ1v) is 5.88. The highest BCUT2D eigenvalue weighted by molar-refractivity contribution is 5.91. The fourth-order valence-corrected chi connectivity index (χ4v) is 1.98. The minimum atomic E-state index is -0.349. The lowest BCUT2D eigenvalue weighted by atomic mass is 9.92. The molecule has 0 aliphatic heterocycles. The number of hydrazine groups is 1. The molecule has 1 aromatic rings. The largest absolute Gasteiger partial charge is 0.298 e. The van der Waals surface area contributed by atoms with E-state index in [1.807, 2.05) is 12.1 Å². The summed E-state index contributed by atoms with van der Waals surface area (Å²) in [4.78, 5) is 17.9. The number of nitrogens with zero attached hydrogens (tertiary/aromatic N) is 2. The molecule has 0 spiro atoms. The zero-order valence-corrected chi connectivity index (χ0v) is 10.0. The molecule has 3 N–H and O–H groups in total. The number of carbonyl (C=O) groups is 1. The number of hydrogen-bond donors (Lipinski definition) is 2. The van der Waals surface area contributed by atoms with Gasteiger partial charge in [-0.3, -0.25) is 15.1 Å². The van der Waals surface area contributed by atoms with Gasteiger partial charge in [0.25, 0.3) is 5.91 Å². The van der Waals surface area contributed by atoms with Gasteiger partial charge >= 0.3 is 0 Å². The minimum absolute atomic E-state index is 0.349. The van der Waals surface area contributed by atoms with E-state index < -0.39 is 0 Å². The van der Waals surface area contributed by atoms with E-state index in [1.165, 1.54) is 19.3 Å². The highest BCUT2D eigenvalue weighted by Crippen LogP contribution is 2.24. The van der Waals surface area contributed by atoms with Crippen LogP contribution < -0.4 is 11.3 Å². The van der Waals surface area contributed by atoms with Crippen LogP contribution in [0.3, 0.4) is 0 Å². The highest BCUT2D eigenvalue weighted by atomic mass is 16.2. The van der Waals surface area contributed by atoms with Crippen LogP contribution in [0.5, 0.6) is 0 Å². The molecule has 0 bridgehead atoms. The van der Waals surface area contributed by atoms with Crippen molar-refractivity contribution < 1.29 is 4.79 Å². The zero-order chi connectivity index (χ0) is 12.3. The summed E-state index contributed by atoms with van der Waals surface area (Å²) in [6.07, 6.45) is 3.84. The van der Waals surface area contributed by atoms with Gasteiger partial charge in [-0.25, -0.2) is 10.8 Å². The molecule has 0 unspecified atom stereocenters. The van der Waals surface area contributed by atoms with Crippen LogP contribution in [-0.2, 0) is 6.54 Å². The van der Waals surface area contributed by atoms with Crippen molar-refractivity contribution in [3.8, 4) is 0 Å². The summed E-state index contributed by atoms with van der Waals surface area (Å²) in [5.74, 6) is 4.74. The third-order valence-corrected chi connectivity index (χ3v) is 3.28. The van der Waals surface area contributed by atoms with E-state index in [4.69, 9.17) is 5.84 Å². The molecule has 1 fully saturated rings. The lowest BCUT2D eigenvalue weighted by Crippen LogP contribution is -2.37. The van der Waals surface area contributed by atoms with Crippen LogP contribution >= 0.6 is 0 Å². The minimum Gasteiger partial charge on any atom is -0.298 e. The van der Waals surface area contributed by atoms with Gasteiger partial charge in [-0.05, 0) is 32.0 Å². The van der Waals surface area contributed by atoms with Crippen LogP contribution in [0, 0.1) is 0 Å². The Kier molecular flexibility index (Phi) is 3.71. The van der Waals surface area contributed by atoms with Crippen LogP contribution in [0.2, 0.25) is 0 Å². The van der Waals surface area contributed by atoms with Crippen molar-refractivity contribution in [3.05, 3.63) is 29.6 Å². The Balaban J connectivity index is 2.02. The van der Waals surface area contributed by atoms with E-state index >= 15 is 0 Å². The third-order valence-electron chi connectivity index (χ3n) is 3.28. The molecule has 1 amide bonds. The van der Waals surface area contributed by atoms with Crippen molar-refractivity contribution in [1.82, 2.24) is 15.3 Å². The van der Waals surface area contributed by atoms with Gasteiger partial charge in [0.05, 0.1) is 5.69 Å². The summed E-state index contributed by atoms with van der Waals surface area (Å²) in [6, 6.07) is 6.10. The summed E-state index contributed by atoms with van der Waals surface area (Å²) in [7, 11) is 2.10. The van der Waals surface area contributed by atoms with Gasteiger partial charge in [-0.15, -0.1) is 0 Å². The molecule has 17 heavy (non-hydrogen) atoms. The second kappa shape index (κ2) is 5.25. The number of amides is 1. The van der Waals surface area contributed by atoms with Crippen molar-refractivity contribution in [2.45, 2.75) is 31.8 Å². The number of nitrogens with one attached hydrogen (secondary N) is 1. The van der Waals surface area contributed by atoms with Gasteiger partial charge in [0.1, 0.15) is 5.69 Å². The van der Waals surface area contributed by atoms with Crippen LogP contribution in [0.4, 0.5) is 0 Å². The number of aromatic nitrogens is 1. The smallest absolute Gasteiger partial charge is 0.283 e. The molecule has 1 aliphatic rings. The molecule has 0 aromatic carbocycles. The first kappa shape index (κ1) is 12.0. The Morgan fingerprint density at radius 3 is 2.94 bits per heavy atom. The third kappa shape index (κ3) is 2.81. The van der Waals surface area contributed by atoms with E-state index in [-0.39, 0.29) is 5.91 Å². The number of rotatable bonds is 4. The Morgan fingerprint density at radius 2 is 2.35 bits per heavy atom. The molecular formula is C12H18N4O. The van der Waals surface area contributed by atoms with E-state index in [2.05, 4.69) is 22.4 Å². The lowest BCUT2D eigenvalue weighted by Gasteiger charge is -2.34. The Bertz CT molecular complexity index is 403. The first-order chi connectivity index (χ1) is 8.20. The van der Waals surface area contributed by atoms with Crippen LogP contribution in [0.1, 0.15) is 35.4 Å². The van der Waals surface area contributed by atoms with Crippen molar-refractivity contribution in [1.29, 1.82) is 0 Å². The van der Waals surface area contributed by atoms with Crippen molar-refractivity contribution in [2.75, 3.05) is 7.05 Å². The SMILES string of the molecule is CN(Cc1cccc(C(=O)NN)n1)C1CCC1. The van der Waals surface area contributed by atoms with Crippen LogP contribution in [-0.4, -0.2) is 28.9 Å². The monoisotopic (exact) mass is 234 g/mol. The molecule has 1 aliphatic carbocycles. The summed E-state index contributed by atoms with van der Waals surface area (Å²) in [5, 5.41) is 0. The number of pyridine rings is 1. The summed E-state index contributed by atoms with van der Waals surface area (Å²) in [5.41, 5.74) is 3.36. The molecule has 1 aromatic heterocycles. The number of hydrogen-bond acceptors (Lipinski definition) is 4. The maximum atomic E-state index is 11.3. The Morgan fingerprint density at radius 1 is 1.59 bits per heavy atom. The summed E-state index contributed by atoms with van der Waals surface area (Å²) < 4.78 is 0. The molecule has 0 atom stereocenters. The predicted molar refractivity (Wildman–Crippen MR) is 65.0 cm³/mol. The summed E-state index contributed by atoms with van der Waals surface area (Å²) in [6.45, 7) is 0.774. The van der Waals surface area contributed by atoms with Crippen molar-refractivity contribution >= 4 is 5.91 Å². The average Bonchev–Trinajstić information content (AvgIpc) is 2.26. The highest BCUT2D eigenvalue weighted by Gasteiger charge is 2.22. The van der Waals surface area contributed by atoms with E-state index in [0.29, 0.717) is 11.7 Å². The standard InChI is InChI=1S/C12H18N4O/c1-16(10-5-3-6-10)8-9-4-2-7-11(14-9)12(17)15-13/h2,4,7,10H,3,5-6,8,13H2,1H3,(H,15,17). The van der Waals surface area contributed by atoms with Gasteiger partial charge in [0.15, 0.2) is 0 Å². The Hall–Kier alpha value is -1.46. The number of nitrogen functional groups attached to an aromatic ring is 1. The molecule has 92 valence electrons. The maximum absolute atomic E-state index is 11.3. The molecule has 2 rings (SSSR count). The van der Waals surface area contributed by atoms with Gasteiger partial charge < -0.3 is 0 Å². The van der Waals surface area contributed by atoms with Gasteiger partial charge in [-0.1, -0.05) is 12.5 Å². The van der Waals surface area contributed by atoms with E-state index in [0.717, 1.165) is 12.2 Å². The second-order valence-electron chi connectivity index (χ2n) is 4.49. The van der Waals surface area contributed by atoms with Crippen LogP contribution in [0.25, 0.3) is 0 Å². The number of nitrogens with two attached hydrogens (primary N) is 1. The fraction of sp³-hybridized carbons (Fsp3) is 0.500. The molecule has 5 heteroatoms.